The lowest BCUT2D eigenvalue weighted by atomic mass is 10.1. The van der Waals surface area contributed by atoms with E-state index in [1.165, 1.54) is 10.6 Å². The Morgan fingerprint density at radius 1 is 0.759 bits per heavy atom. The zero-order valence-corrected chi connectivity index (χ0v) is 16.8. The maximum Gasteiger partial charge on any atom is 0.243 e. The van der Waals surface area contributed by atoms with Gasteiger partial charge in [0.15, 0.2) is 0 Å². The van der Waals surface area contributed by atoms with Crippen LogP contribution >= 0.6 is 0 Å². The zero-order chi connectivity index (χ0) is 20.3. The van der Waals surface area contributed by atoms with Gasteiger partial charge in [-0.15, -0.1) is 0 Å². The van der Waals surface area contributed by atoms with Gasteiger partial charge in [0.2, 0.25) is 10.0 Å². The summed E-state index contributed by atoms with van der Waals surface area (Å²) >= 11 is 0. The Kier molecular flexibility index (Phi) is 5.38. The van der Waals surface area contributed by atoms with Crippen molar-refractivity contribution in [2.75, 3.05) is 0 Å². The largest absolute Gasteiger partial charge is 0.468 e. The molecular weight excluding hydrogens is 386 g/mol. The van der Waals surface area contributed by atoms with E-state index in [0.29, 0.717) is 11.5 Å². The molecule has 0 spiro atoms. The number of hydrogen-bond donors (Lipinski definition) is 0. The Bertz CT molecular complexity index is 1160. The minimum atomic E-state index is -3.75. The zero-order valence-electron chi connectivity index (χ0n) is 16.0. The lowest BCUT2D eigenvalue weighted by Crippen LogP contribution is -2.30. The van der Waals surface area contributed by atoms with Gasteiger partial charge in [-0.05, 0) is 54.4 Å². The van der Waals surface area contributed by atoms with Crippen LogP contribution in [0.5, 0.6) is 0 Å². The molecule has 5 nitrogen and oxygen atoms in total. The second kappa shape index (κ2) is 8.11. The lowest BCUT2D eigenvalue weighted by Gasteiger charge is -2.20. The predicted octanol–water partition coefficient (Wildman–Crippen LogP) is 5.24. The van der Waals surface area contributed by atoms with Gasteiger partial charge in [-0.25, -0.2) is 8.42 Å². The molecule has 2 heterocycles. The Balaban J connectivity index is 1.64. The molecule has 0 aliphatic heterocycles. The van der Waals surface area contributed by atoms with Crippen molar-refractivity contribution in [3.05, 3.63) is 102 Å². The van der Waals surface area contributed by atoms with Crippen molar-refractivity contribution in [2.24, 2.45) is 0 Å². The first-order valence-corrected chi connectivity index (χ1v) is 10.7. The SMILES string of the molecule is Cc1ccc(CN(Cc2ccco2)S(=O)(=O)c2ccc(-c3ccccc3)cc2)o1. The monoisotopic (exact) mass is 407 g/mol. The van der Waals surface area contributed by atoms with Crippen molar-refractivity contribution >= 4 is 10.0 Å². The first-order valence-electron chi connectivity index (χ1n) is 9.26. The van der Waals surface area contributed by atoms with Crippen LogP contribution in [0.25, 0.3) is 11.1 Å². The van der Waals surface area contributed by atoms with Crippen LogP contribution in [0.1, 0.15) is 17.3 Å². The van der Waals surface area contributed by atoms with Gasteiger partial charge in [0.25, 0.3) is 0 Å². The van der Waals surface area contributed by atoms with Crippen LogP contribution in [-0.4, -0.2) is 12.7 Å². The van der Waals surface area contributed by atoms with Gasteiger partial charge in [-0.3, -0.25) is 0 Å². The maximum absolute atomic E-state index is 13.4. The van der Waals surface area contributed by atoms with Gasteiger partial charge in [0.05, 0.1) is 24.2 Å². The fourth-order valence-corrected chi connectivity index (χ4v) is 4.52. The van der Waals surface area contributed by atoms with E-state index < -0.39 is 10.0 Å². The molecule has 148 valence electrons. The van der Waals surface area contributed by atoms with Gasteiger partial charge < -0.3 is 8.83 Å². The third-order valence-electron chi connectivity index (χ3n) is 4.64. The van der Waals surface area contributed by atoms with Crippen LogP contribution in [-0.2, 0) is 23.1 Å². The van der Waals surface area contributed by atoms with E-state index in [2.05, 4.69) is 0 Å². The molecule has 0 N–H and O–H groups in total. The van der Waals surface area contributed by atoms with Gasteiger partial charge in [0.1, 0.15) is 17.3 Å². The molecule has 0 saturated heterocycles. The highest BCUT2D eigenvalue weighted by Gasteiger charge is 2.27. The van der Waals surface area contributed by atoms with Gasteiger partial charge >= 0.3 is 0 Å². The van der Waals surface area contributed by atoms with E-state index >= 15 is 0 Å². The second-order valence-corrected chi connectivity index (χ2v) is 8.69. The quantitative estimate of drug-likeness (QED) is 0.420. The predicted molar refractivity (Wildman–Crippen MR) is 110 cm³/mol. The molecule has 0 radical (unpaired) electrons. The summed E-state index contributed by atoms with van der Waals surface area (Å²) in [5, 5.41) is 0. The molecule has 0 amide bonds. The molecule has 2 aromatic heterocycles. The topological polar surface area (TPSA) is 63.7 Å². The van der Waals surface area contributed by atoms with Crippen molar-refractivity contribution in [3.63, 3.8) is 0 Å². The summed E-state index contributed by atoms with van der Waals surface area (Å²) in [6, 6.07) is 23.9. The van der Waals surface area contributed by atoms with E-state index in [1.54, 1.807) is 30.3 Å². The van der Waals surface area contributed by atoms with Crippen molar-refractivity contribution in [3.8, 4) is 11.1 Å². The summed E-state index contributed by atoms with van der Waals surface area (Å²) in [5.74, 6) is 1.89. The van der Waals surface area contributed by atoms with E-state index in [-0.39, 0.29) is 18.0 Å². The number of sulfonamides is 1. The van der Waals surface area contributed by atoms with Crippen LogP contribution in [0.4, 0.5) is 0 Å². The summed E-state index contributed by atoms with van der Waals surface area (Å²) in [6.07, 6.45) is 1.53. The number of hydrogen-bond acceptors (Lipinski definition) is 4. The van der Waals surface area contributed by atoms with Crippen molar-refractivity contribution in [1.82, 2.24) is 4.31 Å². The van der Waals surface area contributed by atoms with Gasteiger partial charge in [-0.2, -0.15) is 4.31 Å². The minimum absolute atomic E-state index is 0.121. The van der Waals surface area contributed by atoms with Crippen molar-refractivity contribution in [2.45, 2.75) is 24.9 Å². The molecule has 2 aromatic carbocycles. The fraction of sp³-hybridized carbons (Fsp3) is 0.130. The van der Waals surface area contributed by atoms with Crippen LogP contribution in [0, 0.1) is 6.92 Å². The highest BCUT2D eigenvalue weighted by atomic mass is 32.2. The van der Waals surface area contributed by atoms with Crippen LogP contribution < -0.4 is 0 Å². The fourth-order valence-electron chi connectivity index (χ4n) is 3.15. The van der Waals surface area contributed by atoms with Crippen LogP contribution in [0.2, 0.25) is 0 Å². The third-order valence-corrected chi connectivity index (χ3v) is 6.45. The molecule has 0 aliphatic carbocycles. The molecule has 0 saturated carbocycles. The number of rotatable bonds is 7. The first kappa shape index (κ1) is 19.2. The van der Waals surface area contributed by atoms with Crippen LogP contribution in [0.3, 0.4) is 0 Å². The number of furan rings is 2. The molecule has 0 aliphatic rings. The molecule has 29 heavy (non-hydrogen) atoms. The Labute approximate surface area is 170 Å². The molecule has 0 fully saturated rings. The van der Waals surface area contributed by atoms with Gasteiger partial charge in [0, 0.05) is 0 Å². The summed E-state index contributed by atoms with van der Waals surface area (Å²) in [4.78, 5) is 0.229. The molecule has 4 rings (SSSR count). The van der Waals surface area contributed by atoms with E-state index in [1.807, 2.05) is 55.5 Å². The normalized spacial score (nSPS) is 11.8. The van der Waals surface area contributed by atoms with E-state index in [9.17, 15) is 8.42 Å². The average molecular weight is 407 g/mol. The maximum atomic E-state index is 13.4. The number of benzene rings is 2. The molecule has 4 aromatic rings. The van der Waals surface area contributed by atoms with Crippen LogP contribution in [0.15, 0.2) is 98.9 Å². The molecular formula is C23H21NO4S. The van der Waals surface area contributed by atoms with Crippen molar-refractivity contribution < 1.29 is 17.3 Å². The summed E-state index contributed by atoms with van der Waals surface area (Å²) < 4.78 is 39.1. The molecule has 0 atom stereocenters. The number of aryl methyl sites for hydroxylation is 1. The summed E-state index contributed by atoms with van der Waals surface area (Å²) in [6.45, 7) is 2.07. The van der Waals surface area contributed by atoms with Crippen molar-refractivity contribution in [1.29, 1.82) is 0 Å². The van der Waals surface area contributed by atoms with E-state index in [0.717, 1.165) is 16.9 Å². The average Bonchev–Trinajstić information content (AvgIpc) is 3.40. The lowest BCUT2D eigenvalue weighted by molar-refractivity contribution is 0.327. The molecule has 0 unspecified atom stereocenters. The minimum Gasteiger partial charge on any atom is -0.468 e. The highest BCUT2D eigenvalue weighted by Crippen LogP contribution is 2.25. The second-order valence-electron chi connectivity index (χ2n) is 6.76. The smallest absolute Gasteiger partial charge is 0.243 e. The Morgan fingerprint density at radius 2 is 1.45 bits per heavy atom. The summed E-state index contributed by atoms with van der Waals surface area (Å²) in [7, 11) is -3.75. The van der Waals surface area contributed by atoms with Gasteiger partial charge in [-0.1, -0.05) is 42.5 Å². The van der Waals surface area contributed by atoms with E-state index in [4.69, 9.17) is 8.83 Å². The standard InChI is InChI=1S/C23H21NO4S/c1-18-9-12-22(28-18)17-24(16-21-8-5-15-27-21)29(25,26)23-13-10-20(11-14-23)19-6-3-2-4-7-19/h2-15H,16-17H2,1H3. The third kappa shape index (κ3) is 4.34. The first-order chi connectivity index (χ1) is 14.0. The highest BCUT2D eigenvalue weighted by molar-refractivity contribution is 7.89. The Hall–Kier alpha value is -3.09. The number of nitrogens with zero attached hydrogens (tertiary/aromatic N) is 1. The Morgan fingerprint density at radius 3 is 2.07 bits per heavy atom. The molecule has 6 heteroatoms. The molecule has 0 bridgehead atoms. The summed E-state index contributed by atoms with van der Waals surface area (Å²) in [5.41, 5.74) is 2.00.